The van der Waals surface area contributed by atoms with Crippen molar-refractivity contribution < 1.29 is 4.79 Å². The lowest BCUT2D eigenvalue weighted by molar-refractivity contribution is 0.0722. The number of benzene rings is 1. The molecular weight excluding hydrogens is 224 g/mol. The number of carbonyl (C=O) groups is 1. The van der Waals surface area contributed by atoms with Crippen LogP contribution in [0.4, 0.5) is 5.69 Å². The summed E-state index contributed by atoms with van der Waals surface area (Å²) in [5.74, 6) is 0.694. The molecule has 98 valence electrons. The lowest BCUT2D eigenvalue weighted by atomic mass is 10.1. The number of amides is 1. The molecule has 1 aliphatic rings. The van der Waals surface area contributed by atoms with Crippen LogP contribution < -0.4 is 5.32 Å². The maximum Gasteiger partial charge on any atom is 0.254 e. The molecule has 0 aliphatic heterocycles. The number of hydrogen-bond donors (Lipinski definition) is 1. The molecule has 1 amide bonds. The molecule has 0 heterocycles. The second-order valence-electron chi connectivity index (χ2n) is 5.41. The van der Waals surface area contributed by atoms with Gasteiger partial charge in [0, 0.05) is 30.9 Å². The predicted molar refractivity (Wildman–Crippen MR) is 74.9 cm³/mol. The van der Waals surface area contributed by atoms with Crippen LogP contribution in [0.5, 0.6) is 0 Å². The smallest absolute Gasteiger partial charge is 0.254 e. The molecule has 3 nitrogen and oxygen atoms in total. The van der Waals surface area contributed by atoms with E-state index in [1.165, 1.54) is 0 Å². The topological polar surface area (TPSA) is 32.3 Å². The third-order valence-electron chi connectivity index (χ3n) is 3.23. The average Bonchev–Trinajstić information content (AvgIpc) is 3.19. The van der Waals surface area contributed by atoms with Crippen molar-refractivity contribution in [2.75, 3.05) is 18.9 Å². The molecule has 1 fully saturated rings. The molecule has 0 aromatic heterocycles. The minimum atomic E-state index is 0.175. The van der Waals surface area contributed by atoms with Gasteiger partial charge < -0.3 is 10.2 Å². The summed E-state index contributed by atoms with van der Waals surface area (Å²) in [6.07, 6.45) is 2.32. The summed E-state index contributed by atoms with van der Waals surface area (Å²) < 4.78 is 0. The van der Waals surface area contributed by atoms with Crippen LogP contribution in [0.2, 0.25) is 0 Å². The minimum absolute atomic E-state index is 0.175. The van der Waals surface area contributed by atoms with Crippen LogP contribution in [0.3, 0.4) is 0 Å². The van der Waals surface area contributed by atoms with Crippen LogP contribution >= 0.6 is 0 Å². The standard InChI is InChI=1S/C15H22N2O/c1-11(2)10-17(14-8-9-14)15(18)12-4-6-13(16-3)7-5-12/h4-7,11,14,16H,8-10H2,1-3H3. The van der Waals surface area contributed by atoms with Gasteiger partial charge in [0.05, 0.1) is 0 Å². The van der Waals surface area contributed by atoms with E-state index < -0.39 is 0 Å². The zero-order chi connectivity index (χ0) is 13.1. The van der Waals surface area contributed by atoms with E-state index in [1.807, 2.05) is 36.2 Å². The van der Waals surface area contributed by atoms with Gasteiger partial charge in [0.1, 0.15) is 0 Å². The quantitative estimate of drug-likeness (QED) is 0.866. The number of rotatable bonds is 5. The van der Waals surface area contributed by atoms with Gasteiger partial charge in [0.15, 0.2) is 0 Å². The zero-order valence-corrected chi connectivity index (χ0v) is 11.4. The van der Waals surface area contributed by atoms with E-state index in [0.717, 1.165) is 30.6 Å². The van der Waals surface area contributed by atoms with Gasteiger partial charge in [-0.05, 0) is 43.0 Å². The molecular formula is C15H22N2O. The Balaban J connectivity index is 2.11. The van der Waals surface area contributed by atoms with Gasteiger partial charge in [-0.1, -0.05) is 13.8 Å². The van der Waals surface area contributed by atoms with Gasteiger partial charge in [0.2, 0.25) is 0 Å². The Kier molecular flexibility index (Phi) is 3.90. The molecule has 0 atom stereocenters. The van der Waals surface area contributed by atoms with Crippen molar-refractivity contribution >= 4 is 11.6 Å². The third-order valence-corrected chi connectivity index (χ3v) is 3.23. The molecule has 0 radical (unpaired) electrons. The fourth-order valence-corrected chi connectivity index (χ4v) is 2.12. The highest BCUT2D eigenvalue weighted by atomic mass is 16.2. The zero-order valence-electron chi connectivity index (χ0n) is 11.4. The van der Waals surface area contributed by atoms with E-state index in [0.29, 0.717) is 12.0 Å². The van der Waals surface area contributed by atoms with Crippen molar-refractivity contribution in [1.82, 2.24) is 4.90 Å². The Morgan fingerprint density at radius 2 is 1.94 bits per heavy atom. The minimum Gasteiger partial charge on any atom is -0.388 e. The van der Waals surface area contributed by atoms with E-state index in [2.05, 4.69) is 19.2 Å². The summed E-state index contributed by atoms with van der Waals surface area (Å²) in [5, 5.41) is 3.06. The van der Waals surface area contributed by atoms with E-state index >= 15 is 0 Å². The molecule has 18 heavy (non-hydrogen) atoms. The Labute approximate surface area is 109 Å². The van der Waals surface area contributed by atoms with Gasteiger partial charge >= 0.3 is 0 Å². The molecule has 0 bridgehead atoms. The number of nitrogens with zero attached hydrogens (tertiary/aromatic N) is 1. The summed E-state index contributed by atoms with van der Waals surface area (Å²) in [5.41, 5.74) is 1.83. The molecule has 1 aliphatic carbocycles. The Morgan fingerprint density at radius 3 is 2.39 bits per heavy atom. The highest BCUT2D eigenvalue weighted by Crippen LogP contribution is 2.29. The van der Waals surface area contributed by atoms with Gasteiger partial charge in [-0.3, -0.25) is 4.79 Å². The molecule has 1 aromatic rings. The maximum absolute atomic E-state index is 12.5. The molecule has 3 heteroatoms. The summed E-state index contributed by atoms with van der Waals surface area (Å²) >= 11 is 0. The molecule has 1 N–H and O–H groups in total. The highest BCUT2D eigenvalue weighted by molar-refractivity contribution is 5.95. The number of carbonyl (C=O) groups excluding carboxylic acids is 1. The van der Waals surface area contributed by atoms with Crippen LogP contribution in [0, 0.1) is 5.92 Å². The molecule has 2 rings (SSSR count). The second-order valence-corrected chi connectivity index (χ2v) is 5.41. The Bertz CT molecular complexity index is 407. The first-order valence-electron chi connectivity index (χ1n) is 6.70. The normalized spacial score (nSPS) is 14.7. The van der Waals surface area contributed by atoms with Crippen molar-refractivity contribution in [1.29, 1.82) is 0 Å². The van der Waals surface area contributed by atoms with E-state index in [-0.39, 0.29) is 5.91 Å². The fraction of sp³-hybridized carbons (Fsp3) is 0.533. The van der Waals surface area contributed by atoms with Crippen molar-refractivity contribution in [2.45, 2.75) is 32.7 Å². The van der Waals surface area contributed by atoms with Crippen molar-refractivity contribution in [3.05, 3.63) is 29.8 Å². The van der Waals surface area contributed by atoms with Crippen LogP contribution in [0.25, 0.3) is 0 Å². The maximum atomic E-state index is 12.5. The van der Waals surface area contributed by atoms with Crippen LogP contribution in [0.1, 0.15) is 37.0 Å². The number of nitrogens with one attached hydrogen (secondary N) is 1. The van der Waals surface area contributed by atoms with Crippen molar-refractivity contribution in [3.63, 3.8) is 0 Å². The van der Waals surface area contributed by atoms with Crippen LogP contribution in [-0.2, 0) is 0 Å². The van der Waals surface area contributed by atoms with E-state index in [1.54, 1.807) is 0 Å². The Hall–Kier alpha value is -1.51. The molecule has 0 spiro atoms. The van der Waals surface area contributed by atoms with Gasteiger partial charge in [-0.15, -0.1) is 0 Å². The monoisotopic (exact) mass is 246 g/mol. The largest absolute Gasteiger partial charge is 0.388 e. The van der Waals surface area contributed by atoms with Gasteiger partial charge in [-0.2, -0.15) is 0 Å². The fourth-order valence-electron chi connectivity index (χ4n) is 2.12. The second kappa shape index (κ2) is 5.42. The lowest BCUT2D eigenvalue weighted by Crippen LogP contribution is -2.36. The van der Waals surface area contributed by atoms with Crippen molar-refractivity contribution in [2.24, 2.45) is 5.92 Å². The summed E-state index contributed by atoms with van der Waals surface area (Å²) in [6.45, 7) is 5.18. The molecule has 1 saturated carbocycles. The highest BCUT2D eigenvalue weighted by Gasteiger charge is 2.33. The first-order chi connectivity index (χ1) is 8.61. The van der Waals surface area contributed by atoms with Crippen LogP contribution in [-0.4, -0.2) is 30.4 Å². The van der Waals surface area contributed by atoms with E-state index in [4.69, 9.17) is 0 Å². The van der Waals surface area contributed by atoms with E-state index in [9.17, 15) is 4.79 Å². The lowest BCUT2D eigenvalue weighted by Gasteiger charge is -2.24. The third kappa shape index (κ3) is 3.03. The first-order valence-corrected chi connectivity index (χ1v) is 6.70. The summed E-state index contributed by atoms with van der Waals surface area (Å²) in [7, 11) is 1.88. The van der Waals surface area contributed by atoms with Gasteiger partial charge in [-0.25, -0.2) is 0 Å². The molecule has 1 aromatic carbocycles. The number of hydrogen-bond acceptors (Lipinski definition) is 2. The van der Waals surface area contributed by atoms with Crippen molar-refractivity contribution in [3.8, 4) is 0 Å². The number of anilines is 1. The summed E-state index contributed by atoms with van der Waals surface area (Å²) in [4.78, 5) is 14.5. The molecule has 0 saturated heterocycles. The SMILES string of the molecule is CNc1ccc(C(=O)N(CC(C)C)C2CC2)cc1. The molecule has 0 unspecified atom stereocenters. The Morgan fingerprint density at radius 1 is 1.33 bits per heavy atom. The first kappa shape index (κ1) is 12.9. The van der Waals surface area contributed by atoms with Crippen LogP contribution in [0.15, 0.2) is 24.3 Å². The van der Waals surface area contributed by atoms with Gasteiger partial charge in [0.25, 0.3) is 5.91 Å². The average molecular weight is 246 g/mol. The predicted octanol–water partition coefficient (Wildman–Crippen LogP) is 2.99. The summed E-state index contributed by atoms with van der Waals surface area (Å²) in [6, 6.07) is 8.19.